The Bertz CT molecular complexity index is 476. The van der Waals surface area contributed by atoms with Crippen LogP contribution in [0.25, 0.3) is 0 Å². The van der Waals surface area contributed by atoms with Crippen molar-refractivity contribution in [1.82, 2.24) is 5.32 Å². The summed E-state index contributed by atoms with van der Waals surface area (Å²) in [5.41, 5.74) is 6.41. The van der Waals surface area contributed by atoms with Gasteiger partial charge in [0.15, 0.2) is 5.84 Å². The number of nitrogens with zero attached hydrogens (tertiary/aromatic N) is 1. The SMILES string of the molecule is CC1CCC(NCc2ccc(/C(N)=N/O)cc2F)C1. The smallest absolute Gasteiger partial charge is 0.170 e. The topological polar surface area (TPSA) is 70.6 Å². The average molecular weight is 265 g/mol. The molecule has 0 bridgehead atoms. The quantitative estimate of drug-likeness (QED) is 0.338. The first-order valence-corrected chi connectivity index (χ1v) is 6.60. The maximum absolute atomic E-state index is 13.9. The van der Waals surface area contributed by atoms with Crippen LogP contribution in [0.5, 0.6) is 0 Å². The summed E-state index contributed by atoms with van der Waals surface area (Å²) in [5, 5.41) is 14.8. The summed E-state index contributed by atoms with van der Waals surface area (Å²) in [5.74, 6) is 0.343. The van der Waals surface area contributed by atoms with Crippen molar-refractivity contribution >= 4 is 5.84 Å². The van der Waals surface area contributed by atoms with Gasteiger partial charge in [0.25, 0.3) is 0 Å². The molecule has 4 nitrogen and oxygen atoms in total. The summed E-state index contributed by atoms with van der Waals surface area (Å²) in [4.78, 5) is 0. The minimum absolute atomic E-state index is 0.0805. The lowest BCUT2D eigenvalue weighted by Crippen LogP contribution is -2.26. The first kappa shape index (κ1) is 13.8. The first-order chi connectivity index (χ1) is 9.10. The van der Waals surface area contributed by atoms with Gasteiger partial charge in [-0.25, -0.2) is 4.39 Å². The second kappa shape index (κ2) is 6.02. The van der Waals surface area contributed by atoms with Gasteiger partial charge < -0.3 is 16.3 Å². The maximum atomic E-state index is 13.9. The van der Waals surface area contributed by atoms with Gasteiger partial charge in [-0.2, -0.15) is 0 Å². The molecule has 0 spiro atoms. The van der Waals surface area contributed by atoms with Gasteiger partial charge in [-0.15, -0.1) is 0 Å². The second-order valence-corrected chi connectivity index (χ2v) is 5.29. The molecular weight excluding hydrogens is 245 g/mol. The number of amidine groups is 1. The van der Waals surface area contributed by atoms with Crippen molar-refractivity contribution in [2.24, 2.45) is 16.8 Å². The molecule has 0 radical (unpaired) electrons. The Morgan fingerprint density at radius 2 is 2.32 bits per heavy atom. The minimum atomic E-state index is -0.331. The van der Waals surface area contributed by atoms with Gasteiger partial charge in [0.2, 0.25) is 0 Å². The first-order valence-electron chi connectivity index (χ1n) is 6.60. The molecule has 1 aliphatic rings. The second-order valence-electron chi connectivity index (χ2n) is 5.29. The molecule has 2 rings (SSSR count). The zero-order chi connectivity index (χ0) is 13.8. The van der Waals surface area contributed by atoms with Crippen molar-refractivity contribution in [1.29, 1.82) is 0 Å². The van der Waals surface area contributed by atoms with Crippen LogP contribution in [0.2, 0.25) is 0 Å². The highest BCUT2D eigenvalue weighted by molar-refractivity contribution is 5.97. The van der Waals surface area contributed by atoms with E-state index in [1.54, 1.807) is 12.1 Å². The number of hydrogen-bond donors (Lipinski definition) is 3. The van der Waals surface area contributed by atoms with Crippen molar-refractivity contribution in [2.75, 3.05) is 0 Å². The fourth-order valence-electron chi connectivity index (χ4n) is 2.55. The number of nitrogens with one attached hydrogen (secondary N) is 1. The van der Waals surface area contributed by atoms with Crippen molar-refractivity contribution in [3.05, 3.63) is 35.1 Å². The van der Waals surface area contributed by atoms with Crippen LogP contribution in [0.3, 0.4) is 0 Å². The fourth-order valence-corrected chi connectivity index (χ4v) is 2.55. The van der Waals surface area contributed by atoms with E-state index < -0.39 is 0 Å². The van der Waals surface area contributed by atoms with Gasteiger partial charge in [0.1, 0.15) is 5.82 Å². The highest BCUT2D eigenvalue weighted by atomic mass is 19.1. The molecule has 104 valence electrons. The van der Waals surface area contributed by atoms with E-state index in [4.69, 9.17) is 10.9 Å². The van der Waals surface area contributed by atoms with Crippen LogP contribution in [-0.4, -0.2) is 17.1 Å². The lowest BCUT2D eigenvalue weighted by atomic mass is 10.1. The highest BCUT2D eigenvalue weighted by Crippen LogP contribution is 2.25. The molecule has 1 fully saturated rings. The Labute approximate surface area is 112 Å². The molecular formula is C14H20FN3O. The molecule has 19 heavy (non-hydrogen) atoms. The summed E-state index contributed by atoms with van der Waals surface area (Å²) in [7, 11) is 0. The Morgan fingerprint density at radius 1 is 1.53 bits per heavy atom. The van der Waals surface area contributed by atoms with Crippen molar-refractivity contribution in [3.63, 3.8) is 0 Å². The van der Waals surface area contributed by atoms with Crippen LogP contribution in [0.15, 0.2) is 23.4 Å². The molecule has 0 saturated heterocycles. The highest BCUT2D eigenvalue weighted by Gasteiger charge is 2.20. The van der Waals surface area contributed by atoms with E-state index in [0.29, 0.717) is 23.7 Å². The standard InChI is InChI=1S/C14H20FN3O/c1-9-2-5-12(6-9)17-8-11-4-3-10(7-13(11)15)14(16)18-19/h3-4,7,9,12,17,19H,2,5-6,8H2,1H3,(H2,16,18). The molecule has 5 heteroatoms. The van der Waals surface area contributed by atoms with Crippen molar-refractivity contribution in [2.45, 2.75) is 38.8 Å². The van der Waals surface area contributed by atoms with E-state index >= 15 is 0 Å². The van der Waals surface area contributed by atoms with Gasteiger partial charge >= 0.3 is 0 Å². The lowest BCUT2D eigenvalue weighted by Gasteiger charge is -2.13. The van der Waals surface area contributed by atoms with Crippen LogP contribution in [0.1, 0.15) is 37.3 Å². The number of halogens is 1. The number of benzene rings is 1. The predicted molar refractivity (Wildman–Crippen MR) is 72.6 cm³/mol. The summed E-state index contributed by atoms with van der Waals surface area (Å²) in [6, 6.07) is 5.11. The van der Waals surface area contributed by atoms with E-state index in [-0.39, 0.29) is 11.7 Å². The van der Waals surface area contributed by atoms with E-state index in [2.05, 4.69) is 17.4 Å². The molecule has 1 aromatic carbocycles. The Kier molecular flexibility index (Phi) is 4.37. The maximum Gasteiger partial charge on any atom is 0.170 e. The van der Waals surface area contributed by atoms with Crippen LogP contribution >= 0.6 is 0 Å². The molecule has 0 heterocycles. The molecule has 4 N–H and O–H groups in total. The molecule has 0 amide bonds. The summed E-state index contributed by atoms with van der Waals surface area (Å²) in [6.45, 7) is 2.76. The van der Waals surface area contributed by atoms with Crippen LogP contribution in [0, 0.1) is 11.7 Å². The molecule has 0 aromatic heterocycles. The molecule has 2 unspecified atom stereocenters. The molecule has 1 saturated carbocycles. The number of nitrogens with two attached hydrogens (primary N) is 1. The number of rotatable bonds is 4. The van der Waals surface area contributed by atoms with Gasteiger partial charge in [-0.05, 0) is 31.2 Å². The molecule has 2 atom stereocenters. The van der Waals surface area contributed by atoms with Gasteiger partial charge in [-0.3, -0.25) is 0 Å². The minimum Gasteiger partial charge on any atom is -0.409 e. The third kappa shape index (κ3) is 3.44. The zero-order valence-electron chi connectivity index (χ0n) is 11.1. The number of hydrogen-bond acceptors (Lipinski definition) is 3. The van der Waals surface area contributed by atoms with Crippen molar-refractivity contribution < 1.29 is 9.60 Å². The van der Waals surface area contributed by atoms with Gasteiger partial charge in [0, 0.05) is 23.7 Å². The summed E-state index contributed by atoms with van der Waals surface area (Å²) >= 11 is 0. The van der Waals surface area contributed by atoms with Crippen LogP contribution < -0.4 is 11.1 Å². The van der Waals surface area contributed by atoms with E-state index in [9.17, 15) is 4.39 Å². The van der Waals surface area contributed by atoms with E-state index in [0.717, 1.165) is 18.8 Å². The Balaban J connectivity index is 1.97. The molecule has 1 aromatic rings. The third-order valence-electron chi connectivity index (χ3n) is 3.73. The largest absolute Gasteiger partial charge is 0.409 e. The monoisotopic (exact) mass is 265 g/mol. The fraction of sp³-hybridized carbons (Fsp3) is 0.500. The average Bonchev–Trinajstić information content (AvgIpc) is 2.82. The van der Waals surface area contributed by atoms with Crippen molar-refractivity contribution in [3.8, 4) is 0 Å². The van der Waals surface area contributed by atoms with E-state index in [1.807, 2.05) is 0 Å². The van der Waals surface area contributed by atoms with E-state index in [1.165, 1.54) is 12.5 Å². The Hall–Kier alpha value is -1.62. The van der Waals surface area contributed by atoms with Gasteiger partial charge in [-0.1, -0.05) is 24.2 Å². The summed E-state index contributed by atoms with van der Waals surface area (Å²) < 4.78 is 13.9. The Morgan fingerprint density at radius 3 is 2.89 bits per heavy atom. The molecule has 0 aliphatic heterocycles. The zero-order valence-corrected chi connectivity index (χ0v) is 11.1. The summed E-state index contributed by atoms with van der Waals surface area (Å²) in [6.07, 6.45) is 3.55. The lowest BCUT2D eigenvalue weighted by molar-refractivity contribution is 0.318. The van der Waals surface area contributed by atoms with Crippen LogP contribution in [0.4, 0.5) is 4.39 Å². The van der Waals surface area contributed by atoms with Crippen LogP contribution in [-0.2, 0) is 6.54 Å². The normalized spacial score (nSPS) is 23.8. The number of oxime groups is 1. The van der Waals surface area contributed by atoms with Gasteiger partial charge in [0.05, 0.1) is 0 Å². The predicted octanol–water partition coefficient (Wildman–Crippen LogP) is 2.20. The third-order valence-corrected chi connectivity index (χ3v) is 3.73. The molecule has 1 aliphatic carbocycles.